The molecule has 9 heteroatoms. The van der Waals surface area contributed by atoms with Crippen molar-refractivity contribution in [1.82, 2.24) is 4.90 Å². The zero-order valence-corrected chi connectivity index (χ0v) is 24.9. The molecule has 0 aliphatic carbocycles. The Balaban J connectivity index is 1.48. The number of carbonyl (C=O) groups is 3. The number of carbonyl (C=O) groups excluding carboxylic acids is 3. The third kappa shape index (κ3) is 6.66. The first kappa shape index (κ1) is 29.7. The lowest BCUT2D eigenvalue weighted by Crippen LogP contribution is -2.44. The predicted molar refractivity (Wildman–Crippen MR) is 169 cm³/mol. The SMILES string of the molecule is CCOc1cc2c(cc1OCC)/C(=C(/Nc1ccc(N(CC(=O)N3CCCCC3)C(C)=O)cc1)c1ccccc1)C(=O)N2. The van der Waals surface area contributed by atoms with Gasteiger partial charge in [0, 0.05) is 43.0 Å². The van der Waals surface area contributed by atoms with Crippen LogP contribution < -0.4 is 25.0 Å². The van der Waals surface area contributed by atoms with Crippen molar-refractivity contribution in [3.05, 3.63) is 77.9 Å². The largest absolute Gasteiger partial charge is 0.490 e. The molecule has 9 nitrogen and oxygen atoms in total. The number of hydrogen-bond acceptors (Lipinski definition) is 6. The number of amides is 3. The highest BCUT2D eigenvalue weighted by atomic mass is 16.5. The van der Waals surface area contributed by atoms with Crippen molar-refractivity contribution < 1.29 is 23.9 Å². The number of ether oxygens (including phenoxy) is 2. The first-order chi connectivity index (χ1) is 20.9. The summed E-state index contributed by atoms with van der Waals surface area (Å²) in [5, 5.41) is 6.44. The molecule has 0 bridgehead atoms. The smallest absolute Gasteiger partial charge is 0.258 e. The van der Waals surface area contributed by atoms with E-state index in [-0.39, 0.29) is 24.3 Å². The van der Waals surface area contributed by atoms with Crippen molar-refractivity contribution in [3.8, 4) is 11.5 Å². The summed E-state index contributed by atoms with van der Waals surface area (Å²) in [6.45, 7) is 7.67. The first-order valence-corrected chi connectivity index (χ1v) is 14.9. The van der Waals surface area contributed by atoms with Crippen LogP contribution in [0.2, 0.25) is 0 Å². The number of nitrogens with one attached hydrogen (secondary N) is 2. The summed E-state index contributed by atoms with van der Waals surface area (Å²) in [6, 6.07) is 20.6. The van der Waals surface area contributed by atoms with Crippen LogP contribution in [0.25, 0.3) is 11.3 Å². The molecule has 2 aliphatic heterocycles. The molecule has 0 radical (unpaired) electrons. The fourth-order valence-corrected chi connectivity index (χ4v) is 5.48. The average molecular weight is 583 g/mol. The van der Waals surface area contributed by atoms with E-state index in [1.165, 1.54) is 11.8 Å². The highest BCUT2D eigenvalue weighted by Gasteiger charge is 2.31. The summed E-state index contributed by atoms with van der Waals surface area (Å²) in [5.41, 5.74) is 4.64. The molecule has 43 heavy (non-hydrogen) atoms. The van der Waals surface area contributed by atoms with E-state index in [9.17, 15) is 14.4 Å². The van der Waals surface area contributed by atoms with Crippen molar-refractivity contribution in [2.24, 2.45) is 0 Å². The zero-order chi connectivity index (χ0) is 30.3. The Morgan fingerprint density at radius 3 is 2.19 bits per heavy atom. The van der Waals surface area contributed by atoms with Crippen LogP contribution in [0, 0.1) is 0 Å². The van der Waals surface area contributed by atoms with Crippen LogP contribution in [0.5, 0.6) is 11.5 Å². The normalized spacial score (nSPS) is 15.3. The third-order valence-electron chi connectivity index (χ3n) is 7.57. The second-order valence-corrected chi connectivity index (χ2v) is 10.5. The van der Waals surface area contributed by atoms with Crippen molar-refractivity contribution in [1.29, 1.82) is 0 Å². The Morgan fingerprint density at radius 1 is 0.907 bits per heavy atom. The lowest BCUT2D eigenvalue weighted by molar-refractivity contribution is -0.132. The van der Waals surface area contributed by atoms with E-state index in [2.05, 4.69) is 10.6 Å². The molecule has 224 valence electrons. The van der Waals surface area contributed by atoms with Crippen LogP contribution in [0.1, 0.15) is 51.2 Å². The van der Waals surface area contributed by atoms with Crippen LogP contribution in [-0.2, 0) is 14.4 Å². The summed E-state index contributed by atoms with van der Waals surface area (Å²) in [4.78, 5) is 42.3. The standard InChI is InChI=1S/C34H38N4O5/c1-4-42-29-20-27-28(21-30(29)43-5-2)36-34(41)32(27)33(24-12-8-6-9-13-24)35-25-14-16-26(17-15-25)38(23(3)39)22-31(40)37-18-10-7-11-19-37/h6,8-9,12-17,20-21,35H,4-5,7,10-11,18-19,22H2,1-3H3,(H,36,41)/b33-32-. The molecule has 5 rings (SSSR count). The zero-order valence-electron chi connectivity index (χ0n) is 24.9. The topological polar surface area (TPSA) is 100 Å². The van der Waals surface area contributed by atoms with Crippen LogP contribution in [0.4, 0.5) is 17.1 Å². The van der Waals surface area contributed by atoms with Crippen LogP contribution in [-0.4, -0.2) is 55.5 Å². The van der Waals surface area contributed by atoms with Gasteiger partial charge in [-0.2, -0.15) is 0 Å². The highest BCUT2D eigenvalue weighted by molar-refractivity contribution is 6.37. The Bertz CT molecular complexity index is 1510. The Labute approximate surface area is 252 Å². The fraction of sp³-hybridized carbons (Fsp3) is 0.324. The Kier molecular flexibility index (Phi) is 9.29. The molecule has 0 unspecified atom stereocenters. The van der Waals surface area contributed by atoms with E-state index in [1.807, 2.05) is 79.4 Å². The van der Waals surface area contributed by atoms with Gasteiger partial charge in [0.05, 0.1) is 30.2 Å². The minimum absolute atomic E-state index is 0.00424. The van der Waals surface area contributed by atoms with E-state index >= 15 is 0 Å². The Morgan fingerprint density at radius 2 is 1.56 bits per heavy atom. The predicted octanol–water partition coefficient (Wildman–Crippen LogP) is 5.78. The van der Waals surface area contributed by atoms with E-state index < -0.39 is 0 Å². The minimum atomic E-state index is -0.243. The minimum Gasteiger partial charge on any atom is -0.490 e. The van der Waals surface area contributed by atoms with Gasteiger partial charge >= 0.3 is 0 Å². The summed E-state index contributed by atoms with van der Waals surface area (Å²) >= 11 is 0. The Hall–Kier alpha value is -4.79. The maximum atomic E-state index is 13.5. The van der Waals surface area contributed by atoms with Gasteiger partial charge in [0.25, 0.3) is 5.91 Å². The number of nitrogens with zero attached hydrogens (tertiary/aromatic N) is 2. The van der Waals surface area contributed by atoms with E-state index in [0.29, 0.717) is 52.9 Å². The number of rotatable bonds is 10. The van der Waals surface area contributed by atoms with Crippen molar-refractivity contribution in [3.63, 3.8) is 0 Å². The van der Waals surface area contributed by atoms with Crippen LogP contribution in [0.15, 0.2) is 66.7 Å². The number of anilines is 3. The monoisotopic (exact) mass is 582 g/mol. The van der Waals surface area contributed by atoms with Gasteiger partial charge in [-0.3, -0.25) is 14.4 Å². The van der Waals surface area contributed by atoms with Gasteiger partial charge in [0.2, 0.25) is 11.8 Å². The summed E-state index contributed by atoms with van der Waals surface area (Å²) in [6.07, 6.45) is 3.12. The highest BCUT2D eigenvalue weighted by Crippen LogP contribution is 2.43. The van der Waals surface area contributed by atoms with E-state index in [0.717, 1.165) is 43.6 Å². The van der Waals surface area contributed by atoms with Crippen LogP contribution in [0.3, 0.4) is 0 Å². The third-order valence-corrected chi connectivity index (χ3v) is 7.57. The summed E-state index contributed by atoms with van der Waals surface area (Å²) in [5.74, 6) is 0.653. The molecule has 1 fully saturated rings. The van der Waals surface area contributed by atoms with E-state index in [4.69, 9.17) is 9.47 Å². The molecular weight excluding hydrogens is 544 g/mol. The van der Waals surface area contributed by atoms with Gasteiger partial charge in [0.1, 0.15) is 6.54 Å². The maximum Gasteiger partial charge on any atom is 0.258 e. The van der Waals surface area contributed by atoms with Crippen LogP contribution >= 0.6 is 0 Å². The quantitative estimate of drug-likeness (QED) is 0.294. The van der Waals surface area contributed by atoms with Crippen molar-refractivity contribution >= 4 is 46.1 Å². The fourth-order valence-electron chi connectivity index (χ4n) is 5.48. The molecular formula is C34H38N4O5. The maximum absolute atomic E-state index is 13.5. The molecule has 0 spiro atoms. The molecule has 0 atom stereocenters. The van der Waals surface area contributed by atoms with Gasteiger partial charge < -0.3 is 29.9 Å². The molecule has 3 amide bonds. The summed E-state index contributed by atoms with van der Waals surface area (Å²) < 4.78 is 11.6. The number of hydrogen-bond donors (Lipinski definition) is 2. The van der Waals surface area contributed by atoms with Crippen molar-refractivity contribution in [2.45, 2.75) is 40.0 Å². The average Bonchev–Trinajstić information content (AvgIpc) is 3.34. The second kappa shape index (κ2) is 13.5. The molecule has 0 saturated carbocycles. The van der Waals surface area contributed by atoms with Crippen molar-refractivity contribution in [2.75, 3.05) is 48.4 Å². The second-order valence-electron chi connectivity index (χ2n) is 10.5. The van der Waals surface area contributed by atoms with Gasteiger partial charge in [0.15, 0.2) is 11.5 Å². The lowest BCUT2D eigenvalue weighted by atomic mass is 9.99. The molecule has 3 aromatic rings. The molecule has 3 aromatic carbocycles. The number of benzene rings is 3. The lowest BCUT2D eigenvalue weighted by Gasteiger charge is -2.29. The van der Waals surface area contributed by atoms with Gasteiger partial charge in [-0.1, -0.05) is 30.3 Å². The summed E-state index contributed by atoms with van der Waals surface area (Å²) in [7, 11) is 0. The van der Waals surface area contributed by atoms with Gasteiger partial charge in [-0.05, 0) is 69.0 Å². The van der Waals surface area contributed by atoms with Gasteiger partial charge in [-0.25, -0.2) is 0 Å². The molecule has 0 aromatic heterocycles. The number of likely N-dealkylation sites (tertiary alicyclic amines) is 1. The molecule has 2 aliphatic rings. The van der Waals surface area contributed by atoms with Gasteiger partial charge in [-0.15, -0.1) is 0 Å². The number of fused-ring (bicyclic) bond motifs is 1. The number of piperidine rings is 1. The molecule has 1 saturated heterocycles. The van der Waals surface area contributed by atoms with E-state index in [1.54, 1.807) is 6.07 Å². The molecule has 2 N–H and O–H groups in total. The first-order valence-electron chi connectivity index (χ1n) is 14.9. The molecule has 2 heterocycles.